The Hall–Kier alpha value is -1.68. The number of aliphatic hydroxyl groups is 1. The predicted molar refractivity (Wildman–Crippen MR) is 47.0 cm³/mol. The molecule has 0 aliphatic heterocycles. The first kappa shape index (κ1) is 8.90. The lowest BCUT2D eigenvalue weighted by Crippen LogP contribution is -1.99. The summed E-state index contributed by atoms with van der Waals surface area (Å²) in [7, 11) is 0. The molecule has 0 amide bonds. The fraction of sp³-hybridized carbons (Fsp3) is 0.100. The van der Waals surface area contributed by atoms with E-state index in [-0.39, 0.29) is 11.7 Å². The van der Waals surface area contributed by atoms with Crippen molar-refractivity contribution in [3.63, 3.8) is 0 Å². The van der Waals surface area contributed by atoms with E-state index in [1.165, 1.54) is 36.7 Å². The third kappa shape index (κ3) is 1.65. The third-order valence-corrected chi connectivity index (χ3v) is 1.87. The molecule has 0 aliphatic rings. The summed E-state index contributed by atoms with van der Waals surface area (Å²) in [5.41, 5.74) is 0.550. The molecule has 1 aromatic heterocycles. The summed E-state index contributed by atoms with van der Waals surface area (Å²) < 4.78 is 17.5. The number of benzene rings is 1. The maximum atomic E-state index is 12.6. The van der Waals surface area contributed by atoms with Crippen LogP contribution in [0.2, 0.25) is 0 Å². The zero-order valence-electron chi connectivity index (χ0n) is 7.22. The van der Waals surface area contributed by atoms with Crippen LogP contribution in [0.5, 0.6) is 0 Å². The lowest BCUT2D eigenvalue weighted by atomic mass is 10.1. The molecule has 0 bridgehead atoms. The Morgan fingerprint density at radius 2 is 2.00 bits per heavy atom. The molecule has 3 nitrogen and oxygen atoms in total. The van der Waals surface area contributed by atoms with E-state index in [0.717, 1.165) is 0 Å². The summed E-state index contributed by atoms with van der Waals surface area (Å²) in [6, 6.07) is 5.54. The summed E-state index contributed by atoms with van der Waals surface area (Å²) >= 11 is 0. The van der Waals surface area contributed by atoms with Gasteiger partial charge in [0.25, 0.3) is 0 Å². The Morgan fingerprint density at radius 1 is 1.29 bits per heavy atom. The molecule has 1 aromatic carbocycles. The van der Waals surface area contributed by atoms with Crippen molar-refractivity contribution in [3.8, 4) is 0 Å². The summed E-state index contributed by atoms with van der Waals surface area (Å²) in [4.78, 5) is 3.80. The van der Waals surface area contributed by atoms with Crippen molar-refractivity contribution in [2.45, 2.75) is 6.10 Å². The Bertz CT molecular complexity index is 397. The van der Waals surface area contributed by atoms with E-state index in [1.807, 2.05) is 0 Å². The van der Waals surface area contributed by atoms with E-state index in [2.05, 4.69) is 4.98 Å². The van der Waals surface area contributed by atoms with E-state index in [9.17, 15) is 9.50 Å². The van der Waals surface area contributed by atoms with Crippen molar-refractivity contribution in [2.75, 3.05) is 0 Å². The predicted octanol–water partition coefficient (Wildman–Crippen LogP) is 1.90. The number of hydrogen-bond donors (Lipinski definition) is 1. The molecule has 0 aliphatic carbocycles. The van der Waals surface area contributed by atoms with Crippen LogP contribution in [0.4, 0.5) is 4.39 Å². The van der Waals surface area contributed by atoms with Gasteiger partial charge in [-0.1, -0.05) is 12.1 Å². The highest BCUT2D eigenvalue weighted by atomic mass is 19.1. The minimum Gasteiger partial charge on any atom is -0.446 e. The van der Waals surface area contributed by atoms with E-state index >= 15 is 0 Å². The van der Waals surface area contributed by atoms with Gasteiger partial charge in [0.05, 0.1) is 6.20 Å². The molecular weight excluding hydrogens is 185 g/mol. The van der Waals surface area contributed by atoms with Crippen LogP contribution in [-0.4, -0.2) is 10.1 Å². The standard InChI is InChI=1S/C10H8FNO2/c11-8-3-1-7(2-4-8)9(13)10-12-5-6-14-10/h1-6,9,13H. The molecule has 72 valence electrons. The van der Waals surface area contributed by atoms with Gasteiger partial charge in [-0.2, -0.15) is 0 Å². The Labute approximate surface area is 79.8 Å². The highest BCUT2D eigenvalue weighted by molar-refractivity contribution is 5.22. The third-order valence-electron chi connectivity index (χ3n) is 1.87. The number of aliphatic hydroxyl groups excluding tert-OH is 1. The topological polar surface area (TPSA) is 46.3 Å². The molecule has 2 aromatic rings. The second-order valence-corrected chi connectivity index (χ2v) is 2.82. The molecule has 1 heterocycles. The van der Waals surface area contributed by atoms with Gasteiger partial charge in [-0.3, -0.25) is 0 Å². The van der Waals surface area contributed by atoms with E-state index in [0.29, 0.717) is 5.56 Å². The van der Waals surface area contributed by atoms with Crippen LogP contribution in [-0.2, 0) is 0 Å². The van der Waals surface area contributed by atoms with Crippen LogP contribution in [0, 0.1) is 5.82 Å². The molecular formula is C10H8FNO2. The molecule has 14 heavy (non-hydrogen) atoms. The maximum Gasteiger partial charge on any atom is 0.227 e. The molecule has 0 radical (unpaired) electrons. The smallest absolute Gasteiger partial charge is 0.227 e. The zero-order chi connectivity index (χ0) is 9.97. The molecule has 0 fully saturated rings. The van der Waals surface area contributed by atoms with Gasteiger partial charge in [0, 0.05) is 0 Å². The summed E-state index contributed by atoms with van der Waals surface area (Å²) in [5, 5.41) is 9.69. The largest absolute Gasteiger partial charge is 0.446 e. The SMILES string of the molecule is OC(c1ccc(F)cc1)c1ncco1. The second kappa shape index (κ2) is 3.59. The van der Waals surface area contributed by atoms with Gasteiger partial charge in [0.2, 0.25) is 5.89 Å². The normalized spacial score (nSPS) is 12.7. The molecule has 1 N–H and O–H groups in total. The number of rotatable bonds is 2. The monoisotopic (exact) mass is 193 g/mol. The molecule has 0 saturated heterocycles. The van der Waals surface area contributed by atoms with Crippen LogP contribution in [0.3, 0.4) is 0 Å². The Kier molecular flexibility index (Phi) is 2.28. The van der Waals surface area contributed by atoms with Crippen LogP contribution >= 0.6 is 0 Å². The molecule has 0 saturated carbocycles. The minimum atomic E-state index is -0.939. The summed E-state index contributed by atoms with van der Waals surface area (Å²) in [5.74, 6) is -0.134. The van der Waals surface area contributed by atoms with E-state index in [1.54, 1.807) is 0 Å². The molecule has 1 atom stereocenters. The number of aromatic nitrogens is 1. The molecule has 4 heteroatoms. The fourth-order valence-corrected chi connectivity index (χ4v) is 1.16. The maximum absolute atomic E-state index is 12.6. The van der Waals surface area contributed by atoms with Gasteiger partial charge in [-0.25, -0.2) is 9.37 Å². The Morgan fingerprint density at radius 3 is 2.57 bits per heavy atom. The number of halogens is 1. The average Bonchev–Trinajstić information content (AvgIpc) is 2.71. The zero-order valence-corrected chi connectivity index (χ0v) is 7.22. The second-order valence-electron chi connectivity index (χ2n) is 2.82. The van der Waals surface area contributed by atoms with Gasteiger partial charge < -0.3 is 9.52 Å². The van der Waals surface area contributed by atoms with E-state index < -0.39 is 6.10 Å². The first-order valence-corrected chi connectivity index (χ1v) is 4.10. The van der Waals surface area contributed by atoms with Crippen LogP contribution in [0.15, 0.2) is 41.1 Å². The number of oxazole rings is 1. The summed E-state index contributed by atoms with van der Waals surface area (Å²) in [6.45, 7) is 0. The average molecular weight is 193 g/mol. The highest BCUT2D eigenvalue weighted by Crippen LogP contribution is 2.19. The van der Waals surface area contributed by atoms with Crippen molar-refractivity contribution < 1.29 is 13.9 Å². The molecule has 1 unspecified atom stereocenters. The lowest BCUT2D eigenvalue weighted by Gasteiger charge is -2.05. The molecule has 0 spiro atoms. The van der Waals surface area contributed by atoms with Crippen molar-refractivity contribution in [2.24, 2.45) is 0 Å². The van der Waals surface area contributed by atoms with Crippen LogP contribution < -0.4 is 0 Å². The van der Waals surface area contributed by atoms with Gasteiger partial charge in [-0.15, -0.1) is 0 Å². The fourth-order valence-electron chi connectivity index (χ4n) is 1.16. The van der Waals surface area contributed by atoms with Crippen molar-refractivity contribution in [1.82, 2.24) is 4.98 Å². The molecule has 2 rings (SSSR count). The minimum absolute atomic E-state index is 0.205. The summed E-state index contributed by atoms with van der Waals surface area (Å²) in [6.07, 6.45) is 1.88. The van der Waals surface area contributed by atoms with Crippen molar-refractivity contribution in [3.05, 3.63) is 54.0 Å². The number of nitrogens with zero attached hydrogens (tertiary/aromatic N) is 1. The Balaban J connectivity index is 2.28. The quantitative estimate of drug-likeness (QED) is 0.792. The first-order chi connectivity index (χ1) is 6.77. The van der Waals surface area contributed by atoms with Gasteiger partial charge in [0.15, 0.2) is 6.10 Å². The van der Waals surface area contributed by atoms with Crippen LogP contribution in [0.1, 0.15) is 17.6 Å². The van der Waals surface area contributed by atoms with Gasteiger partial charge in [0.1, 0.15) is 12.1 Å². The van der Waals surface area contributed by atoms with Gasteiger partial charge in [-0.05, 0) is 17.7 Å². The van der Waals surface area contributed by atoms with E-state index in [4.69, 9.17) is 4.42 Å². The van der Waals surface area contributed by atoms with Crippen molar-refractivity contribution >= 4 is 0 Å². The first-order valence-electron chi connectivity index (χ1n) is 4.10. The van der Waals surface area contributed by atoms with Gasteiger partial charge >= 0.3 is 0 Å². The van der Waals surface area contributed by atoms with Crippen molar-refractivity contribution in [1.29, 1.82) is 0 Å². The van der Waals surface area contributed by atoms with Crippen LogP contribution in [0.25, 0.3) is 0 Å². The lowest BCUT2D eigenvalue weighted by molar-refractivity contribution is 0.182. The highest BCUT2D eigenvalue weighted by Gasteiger charge is 2.14. The number of hydrogen-bond acceptors (Lipinski definition) is 3.